The maximum absolute atomic E-state index is 13.4. The van der Waals surface area contributed by atoms with Crippen molar-refractivity contribution < 1.29 is 24.2 Å². The molecule has 5 heterocycles. The number of nitrogens with zero attached hydrogens (tertiary/aromatic N) is 4. The average Bonchev–Trinajstić information content (AvgIpc) is 3.84. The number of piperidine rings is 1. The van der Waals surface area contributed by atoms with Crippen molar-refractivity contribution in [2.75, 3.05) is 26.2 Å². The molecule has 3 aliphatic rings. The van der Waals surface area contributed by atoms with Crippen LogP contribution >= 0.6 is 22.7 Å². The minimum Gasteiger partial charge on any atom is -0.457 e. The highest BCUT2D eigenvalue weighted by Gasteiger charge is 2.48. The topological polar surface area (TPSA) is 107 Å². The molecule has 0 amide bonds. The standard InChI is InChI=1S/C31H34N4O5S2/c36-19-21-17-25-28(24-6-1-5-23(21)24)35(33-32-25)12-4-11-34-13-9-30(10-14-34)18-22(20-39-30)40-29(37)31(38,26-7-2-15-41-26)27-8-3-16-42-27/h2-3,7-8,15-17,19,22,38H,1,4-6,9-14,18,20H2/t22-/m0/s1. The highest BCUT2D eigenvalue weighted by Crippen LogP contribution is 2.41. The molecule has 220 valence electrons. The lowest BCUT2D eigenvalue weighted by Crippen LogP contribution is -2.45. The summed E-state index contributed by atoms with van der Waals surface area (Å²) in [5.74, 6) is -0.635. The zero-order valence-electron chi connectivity index (χ0n) is 23.4. The summed E-state index contributed by atoms with van der Waals surface area (Å²) in [6.07, 6.45) is 6.95. The van der Waals surface area contributed by atoms with Gasteiger partial charge in [0.1, 0.15) is 17.9 Å². The number of esters is 1. The Hall–Kier alpha value is -2.96. The lowest BCUT2D eigenvalue weighted by atomic mass is 9.88. The van der Waals surface area contributed by atoms with Crippen LogP contribution in [0.5, 0.6) is 0 Å². The van der Waals surface area contributed by atoms with Gasteiger partial charge in [-0.15, -0.1) is 27.8 Å². The maximum Gasteiger partial charge on any atom is 0.349 e. The van der Waals surface area contributed by atoms with Gasteiger partial charge in [0.25, 0.3) is 0 Å². The van der Waals surface area contributed by atoms with Crippen molar-refractivity contribution in [3.05, 3.63) is 67.5 Å². The summed E-state index contributed by atoms with van der Waals surface area (Å²) in [5.41, 5.74) is 3.00. The van der Waals surface area contributed by atoms with Crippen LogP contribution in [0.1, 0.15) is 63.3 Å². The smallest absolute Gasteiger partial charge is 0.349 e. The first-order valence-corrected chi connectivity index (χ1v) is 16.5. The molecule has 0 unspecified atom stereocenters. The fraction of sp³-hybridized carbons (Fsp3) is 0.484. The van der Waals surface area contributed by atoms with Gasteiger partial charge in [0, 0.05) is 31.6 Å². The number of aromatic nitrogens is 3. The minimum absolute atomic E-state index is 0.287. The third-order valence-electron chi connectivity index (χ3n) is 9.14. The first kappa shape index (κ1) is 27.8. The number of rotatable bonds is 9. The summed E-state index contributed by atoms with van der Waals surface area (Å²) in [6, 6.07) is 9.09. The van der Waals surface area contributed by atoms with Crippen LogP contribution in [0.2, 0.25) is 0 Å². The molecule has 2 saturated heterocycles. The first-order valence-electron chi connectivity index (χ1n) is 14.7. The van der Waals surface area contributed by atoms with E-state index in [9.17, 15) is 14.7 Å². The molecule has 3 aromatic heterocycles. The second-order valence-electron chi connectivity index (χ2n) is 11.7. The van der Waals surface area contributed by atoms with Gasteiger partial charge >= 0.3 is 5.97 Å². The number of thiophene rings is 2. The van der Waals surface area contributed by atoms with Gasteiger partial charge in [0.15, 0.2) is 0 Å². The van der Waals surface area contributed by atoms with Gasteiger partial charge < -0.3 is 19.5 Å². The van der Waals surface area contributed by atoms with Gasteiger partial charge in [-0.2, -0.15) is 0 Å². The molecule has 2 fully saturated rings. The van der Waals surface area contributed by atoms with Crippen molar-refractivity contribution in [1.82, 2.24) is 19.9 Å². The van der Waals surface area contributed by atoms with Gasteiger partial charge in [-0.1, -0.05) is 17.3 Å². The van der Waals surface area contributed by atoms with Gasteiger partial charge in [-0.05, 0) is 85.2 Å². The molecule has 1 N–H and O–H groups in total. The van der Waals surface area contributed by atoms with E-state index < -0.39 is 11.6 Å². The molecule has 42 heavy (non-hydrogen) atoms. The number of benzene rings is 1. The molecule has 1 spiro atoms. The molecule has 0 radical (unpaired) electrons. The third kappa shape index (κ3) is 4.90. The van der Waals surface area contributed by atoms with Gasteiger partial charge in [0.05, 0.1) is 27.5 Å². The lowest BCUT2D eigenvalue weighted by molar-refractivity contribution is -0.167. The van der Waals surface area contributed by atoms with Crippen molar-refractivity contribution in [2.24, 2.45) is 0 Å². The van der Waals surface area contributed by atoms with Crippen molar-refractivity contribution in [2.45, 2.75) is 68.8 Å². The molecule has 4 aromatic rings. The molecule has 11 heteroatoms. The fourth-order valence-corrected chi connectivity index (χ4v) is 8.65. The van der Waals surface area contributed by atoms with Gasteiger partial charge in [-0.3, -0.25) is 4.79 Å². The van der Waals surface area contributed by atoms with Crippen LogP contribution in [0.3, 0.4) is 0 Å². The third-order valence-corrected chi connectivity index (χ3v) is 11.1. The molecular weight excluding hydrogens is 572 g/mol. The van der Waals surface area contributed by atoms with E-state index in [-0.39, 0.29) is 11.7 Å². The Morgan fingerprint density at radius 1 is 1.14 bits per heavy atom. The maximum atomic E-state index is 13.4. The molecule has 1 aromatic carbocycles. The predicted molar refractivity (Wildman–Crippen MR) is 160 cm³/mol. The summed E-state index contributed by atoms with van der Waals surface area (Å²) in [7, 11) is 0. The number of hydrogen-bond donors (Lipinski definition) is 1. The zero-order valence-corrected chi connectivity index (χ0v) is 25.0. The quantitative estimate of drug-likeness (QED) is 0.222. The number of fused-ring (bicyclic) bond motifs is 3. The number of hydrogen-bond acceptors (Lipinski definition) is 10. The van der Waals surface area contributed by atoms with Crippen molar-refractivity contribution >= 4 is 46.0 Å². The van der Waals surface area contributed by atoms with Crippen molar-refractivity contribution in [3.63, 3.8) is 0 Å². The lowest BCUT2D eigenvalue weighted by Gasteiger charge is -2.38. The van der Waals surface area contributed by atoms with Crippen LogP contribution in [0.4, 0.5) is 0 Å². The SMILES string of the molecule is O=Cc1cc2nnn(CCCN3CCC4(CC3)C[C@H](OC(=O)C(O)(c3cccs3)c3cccs3)CO4)c2c2c1CCC2. The predicted octanol–water partition coefficient (Wildman–Crippen LogP) is 4.35. The highest BCUT2D eigenvalue weighted by atomic mass is 32.1. The highest BCUT2D eigenvalue weighted by molar-refractivity contribution is 7.12. The normalized spacial score (nSPS) is 20.4. The Kier molecular flexibility index (Phi) is 7.47. The molecule has 0 bridgehead atoms. The van der Waals surface area contributed by atoms with E-state index >= 15 is 0 Å². The van der Waals surface area contributed by atoms with Crippen molar-refractivity contribution in [1.29, 1.82) is 0 Å². The Balaban J connectivity index is 0.929. The van der Waals surface area contributed by atoms with E-state index in [1.54, 1.807) is 12.1 Å². The van der Waals surface area contributed by atoms with E-state index in [1.807, 2.05) is 33.6 Å². The second kappa shape index (κ2) is 11.3. The number of likely N-dealkylation sites (tertiary alicyclic amines) is 1. The summed E-state index contributed by atoms with van der Waals surface area (Å²) in [4.78, 5) is 28.5. The number of aliphatic hydroxyl groups is 1. The number of carbonyl (C=O) groups is 2. The summed E-state index contributed by atoms with van der Waals surface area (Å²) >= 11 is 2.69. The van der Waals surface area contributed by atoms with E-state index in [2.05, 4.69) is 15.2 Å². The molecule has 1 aliphatic carbocycles. The average molecular weight is 607 g/mol. The molecule has 7 rings (SSSR count). The van der Waals surface area contributed by atoms with Crippen LogP contribution in [0.15, 0.2) is 41.1 Å². The zero-order chi connectivity index (χ0) is 28.7. The summed E-state index contributed by atoms with van der Waals surface area (Å²) in [6.45, 7) is 3.94. The number of aldehydes is 1. The number of carbonyl (C=O) groups excluding carboxylic acids is 2. The molecular formula is C31H34N4O5S2. The minimum atomic E-state index is -1.80. The van der Waals surface area contributed by atoms with E-state index in [1.165, 1.54) is 33.8 Å². The number of aryl methyl sites for hydroxylation is 2. The van der Waals surface area contributed by atoms with E-state index in [0.29, 0.717) is 22.8 Å². The largest absolute Gasteiger partial charge is 0.457 e. The first-order chi connectivity index (χ1) is 20.5. The van der Waals surface area contributed by atoms with E-state index in [4.69, 9.17) is 9.47 Å². The molecule has 1 atom stereocenters. The number of ether oxygens (including phenoxy) is 2. The monoisotopic (exact) mass is 606 g/mol. The second-order valence-corrected chi connectivity index (χ2v) is 13.6. The fourth-order valence-electron chi connectivity index (χ4n) is 6.94. The van der Waals surface area contributed by atoms with Gasteiger partial charge in [-0.25, -0.2) is 9.48 Å². The Morgan fingerprint density at radius 3 is 2.57 bits per heavy atom. The van der Waals surface area contributed by atoms with Gasteiger partial charge in [0.2, 0.25) is 5.60 Å². The summed E-state index contributed by atoms with van der Waals surface area (Å²) in [5, 5.41) is 24.0. The molecule has 0 saturated carbocycles. The van der Waals surface area contributed by atoms with Crippen LogP contribution in [-0.4, -0.2) is 75.2 Å². The van der Waals surface area contributed by atoms with Crippen LogP contribution in [0, 0.1) is 0 Å². The van der Waals surface area contributed by atoms with Crippen LogP contribution in [0.25, 0.3) is 11.0 Å². The molecule has 2 aliphatic heterocycles. The Morgan fingerprint density at radius 2 is 1.88 bits per heavy atom. The Bertz CT molecular complexity index is 1540. The van der Waals surface area contributed by atoms with E-state index in [0.717, 1.165) is 87.6 Å². The van der Waals surface area contributed by atoms with Crippen molar-refractivity contribution in [3.8, 4) is 0 Å². The molecule has 9 nitrogen and oxygen atoms in total. The Labute approximate surface area is 252 Å². The summed E-state index contributed by atoms with van der Waals surface area (Å²) < 4.78 is 14.2. The van der Waals surface area contributed by atoms with Crippen LogP contribution in [-0.2, 0) is 39.3 Å². The van der Waals surface area contributed by atoms with Crippen LogP contribution < -0.4 is 0 Å².